The van der Waals surface area contributed by atoms with E-state index in [1.165, 1.54) is 0 Å². The Kier molecular flexibility index (Phi) is 4.91. The molecule has 0 amide bonds. The SMILES string of the molecule is CCC(=O)CNCc1cc(N)ccc1-c1ccccc1. The molecule has 0 aliphatic carbocycles. The van der Waals surface area contributed by atoms with E-state index in [4.69, 9.17) is 5.73 Å². The van der Waals surface area contributed by atoms with Crippen LogP contribution in [-0.2, 0) is 11.3 Å². The van der Waals surface area contributed by atoms with Crippen molar-refractivity contribution in [2.75, 3.05) is 12.3 Å². The minimum Gasteiger partial charge on any atom is -0.399 e. The molecule has 0 aliphatic rings. The zero-order valence-corrected chi connectivity index (χ0v) is 11.7. The third kappa shape index (κ3) is 3.68. The zero-order chi connectivity index (χ0) is 14.4. The summed E-state index contributed by atoms with van der Waals surface area (Å²) >= 11 is 0. The lowest BCUT2D eigenvalue weighted by Gasteiger charge is -2.11. The van der Waals surface area contributed by atoms with Gasteiger partial charge in [0, 0.05) is 18.7 Å². The van der Waals surface area contributed by atoms with E-state index in [0.29, 0.717) is 19.5 Å². The molecule has 0 spiro atoms. The van der Waals surface area contributed by atoms with Gasteiger partial charge in [-0.05, 0) is 28.8 Å². The Morgan fingerprint density at radius 1 is 1.15 bits per heavy atom. The summed E-state index contributed by atoms with van der Waals surface area (Å²) in [5, 5.41) is 3.18. The highest BCUT2D eigenvalue weighted by Crippen LogP contribution is 2.25. The van der Waals surface area contributed by atoms with Crippen molar-refractivity contribution < 1.29 is 4.79 Å². The molecular formula is C17H20N2O. The predicted octanol–water partition coefficient (Wildman–Crippen LogP) is 3.00. The lowest BCUT2D eigenvalue weighted by molar-refractivity contribution is -0.117. The van der Waals surface area contributed by atoms with Crippen molar-refractivity contribution in [3.63, 3.8) is 0 Å². The fraction of sp³-hybridized carbons (Fsp3) is 0.235. The number of hydrogen-bond acceptors (Lipinski definition) is 3. The smallest absolute Gasteiger partial charge is 0.146 e. The summed E-state index contributed by atoms with van der Waals surface area (Å²) in [6.07, 6.45) is 0.565. The monoisotopic (exact) mass is 268 g/mol. The number of carbonyl (C=O) groups is 1. The number of anilines is 1. The summed E-state index contributed by atoms with van der Waals surface area (Å²) in [4.78, 5) is 11.3. The van der Waals surface area contributed by atoms with Crippen LogP contribution in [0.25, 0.3) is 11.1 Å². The van der Waals surface area contributed by atoms with Crippen LogP contribution in [0.15, 0.2) is 48.5 Å². The molecule has 2 rings (SSSR count). The number of nitrogens with two attached hydrogens (primary N) is 1. The summed E-state index contributed by atoms with van der Waals surface area (Å²) in [5.74, 6) is 0.218. The number of rotatable bonds is 6. The first-order valence-corrected chi connectivity index (χ1v) is 6.87. The van der Waals surface area contributed by atoms with E-state index in [1.54, 1.807) is 0 Å². The first-order valence-electron chi connectivity index (χ1n) is 6.87. The maximum Gasteiger partial charge on any atom is 0.146 e. The Hall–Kier alpha value is -2.13. The van der Waals surface area contributed by atoms with Gasteiger partial charge in [0.25, 0.3) is 0 Å². The molecule has 104 valence electrons. The van der Waals surface area contributed by atoms with Crippen LogP contribution < -0.4 is 11.1 Å². The second kappa shape index (κ2) is 6.87. The largest absolute Gasteiger partial charge is 0.399 e. The van der Waals surface area contributed by atoms with Crippen molar-refractivity contribution in [2.24, 2.45) is 0 Å². The van der Waals surface area contributed by atoms with Crippen LogP contribution in [0.2, 0.25) is 0 Å². The molecule has 0 radical (unpaired) electrons. The minimum absolute atomic E-state index is 0.218. The van der Waals surface area contributed by atoms with Crippen molar-refractivity contribution in [3.8, 4) is 11.1 Å². The van der Waals surface area contributed by atoms with E-state index in [0.717, 1.165) is 22.4 Å². The number of carbonyl (C=O) groups excluding carboxylic acids is 1. The van der Waals surface area contributed by atoms with Crippen LogP contribution in [0, 0.1) is 0 Å². The average Bonchev–Trinajstić information content (AvgIpc) is 2.48. The Morgan fingerprint density at radius 2 is 1.90 bits per heavy atom. The first kappa shape index (κ1) is 14.3. The summed E-state index contributed by atoms with van der Waals surface area (Å²) in [5.41, 5.74) is 10.0. The van der Waals surface area contributed by atoms with Crippen LogP contribution in [0.1, 0.15) is 18.9 Å². The lowest BCUT2D eigenvalue weighted by Crippen LogP contribution is -2.22. The molecule has 2 aromatic carbocycles. The number of Topliss-reactive ketones (excluding diaryl/α,β-unsaturated/α-hetero) is 1. The van der Waals surface area contributed by atoms with Gasteiger partial charge >= 0.3 is 0 Å². The number of nitrogen functional groups attached to an aromatic ring is 1. The Balaban J connectivity index is 2.18. The molecule has 0 unspecified atom stereocenters. The number of hydrogen-bond donors (Lipinski definition) is 2. The van der Waals surface area contributed by atoms with Gasteiger partial charge in [0.05, 0.1) is 6.54 Å². The summed E-state index contributed by atoms with van der Waals surface area (Å²) in [6.45, 7) is 2.92. The third-order valence-corrected chi connectivity index (χ3v) is 3.25. The molecule has 0 saturated heterocycles. The zero-order valence-electron chi connectivity index (χ0n) is 11.7. The van der Waals surface area contributed by atoms with Gasteiger partial charge in [0.1, 0.15) is 5.78 Å². The maximum atomic E-state index is 11.3. The molecular weight excluding hydrogens is 248 g/mol. The van der Waals surface area contributed by atoms with E-state index >= 15 is 0 Å². The van der Waals surface area contributed by atoms with Gasteiger partial charge in [0.2, 0.25) is 0 Å². The van der Waals surface area contributed by atoms with E-state index in [2.05, 4.69) is 17.4 Å². The third-order valence-electron chi connectivity index (χ3n) is 3.25. The summed E-state index contributed by atoms with van der Waals surface area (Å²) < 4.78 is 0. The molecule has 0 aromatic heterocycles. The van der Waals surface area contributed by atoms with Gasteiger partial charge in [-0.15, -0.1) is 0 Å². The van der Waals surface area contributed by atoms with Crippen molar-refractivity contribution >= 4 is 11.5 Å². The van der Waals surface area contributed by atoms with Crippen molar-refractivity contribution in [2.45, 2.75) is 19.9 Å². The minimum atomic E-state index is 0.218. The molecule has 0 aliphatic heterocycles. The van der Waals surface area contributed by atoms with Gasteiger partial charge < -0.3 is 11.1 Å². The maximum absolute atomic E-state index is 11.3. The average molecular weight is 268 g/mol. The molecule has 0 bridgehead atoms. The van der Waals surface area contributed by atoms with Crippen LogP contribution in [-0.4, -0.2) is 12.3 Å². The number of benzene rings is 2. The second-order valence-corrected chi connectivity index (χ2v) is 4.78. The van der Waals surface area contributed by atoms with Crippen LogP contribution in [0.3, 0.4) is 0 Å². The molecule has 20 heavy (non-hydrogen) atoms. The lowest BCUT2D eigenvalue weighted by atomic mass is 9.99. The van der Waals surface area contributed by atoms with Crippen LogP contribution in [0.5, 0.6) is 0 Å². The molecule has 0 saturated carbocycles. The number of nitrogens with one attached hydrogen (secondary N) is 1. The van der Waals surface area contributed by atoms with Crippen LogP contribution in [0.4, 0.5) is 5.69 Å². The summed E-state index contributed by atoms with van der Waals surface area (Å²) in [7, 11) is 0. The van der Waals surface area contributed by atoms with Crippen molar-refractivity contribution in [1.29, 1.82) is 0 Å². The molecule has 3 N–H and O–H groups in total. The molecule has 2 aromatic rings. The highest BCUT2D eigenvalue weighted by atomic mass is 16.1. The Bertz CT molecular complexity index is 579. The van der Waals surface area contributed by atoms with Gasteiger partial charge in [-0.25, -0.2) is 0 Å². The highest BCUT2D eigenvalue weighted by Gasteiger charge is 2.06. The molecule has 3 nitrogen and oxygen atoms in total. The van der Waals surface area contributed by atoms with Crippen molar-refractivity contribution in [3.05, 3.63) is 54.1 Å². The standard InChI is InChI=1S/C17H20N2O/c1-2-16(20)12-19-11-14-10-15(18)8-9-17(14)13-6-4-3-5-7-13/h3-10,19H,2,11-12,18H2,1H3. The Morgan fingerprint density at radius 3 is 2.60 bits per heavy atom. The fourth-order valence-corrected chi connectivity index (χ4v) is 2.12. The first-order chi connectivity index (χ1) is 9.70. The van der Waals surface area contributed by atoms with Gasteiger partial charge in [0.15, 0.2) is 0 Å². The number of ketones is 1. The van der Waals surface area contributed by atoms with Gasteiger partial charge in [-0.3, -0.25) is 4.79 Å². The van der Waals surface area contributed by atoms with E-state index < -0.39 is 0 Å². The Labute approximate surface area is 119 Å². The van der Waals surface area contributed by atoms with Crippen molar-refractivity contribution in [1.82, 2.24) is 5.32 Å². The van der Waals surface area contributed by atoms with E-state index in [-0.39, 0.29) is 5.78 Å². The van der Waals surface area contributed by atoms with E-state index in [1.807, 2.05) is 43.3 Å². The quantitative estimate of drug-likeness (QED) is 0.792. The van der Waals surface area contributed by atoms with Gasteiger partial charge in [-0.2, -0.15) is 0 Å². The normalized spacial score (nSPS) is 10.4. The highest BCUT2D eigenvalue weighted by molar-refractivity contribution is 5.80. The van der Waals surface area contributed by atoms with Crippen LogP contribution >= 0.6 is 0 Å². The topological polar surface area (TPSA) is 55.1 Å². The molecule has 0 fully saturated rings. The predicted molar refractivity (Wildman–Crippen MR) is 83.3 cm³/mol. The molecule has 3 heteroatoms. The van der Waals surface area contributed by atoms with Gasteiger partial charge in [-0.1, -0.05) is 43.3 Å². The van der Waals surface area contributed by atoms with E-state index in [9.17, 15) is 4.79 Å². The fourth-order valence-electron chi connectivity index (χ4n) is 2.12. The molecule has 0 atom stereocenters. The molecule has 0 heterocycles. The second-order valence-electron chi connectivity index (χ2n) is 4.78. The summed E-state index contributed by atoms with van der Waals surface area (Å²) in [6, 6.07) is 16.1.